The van der Waals surface area contributed by atoms with Crippen LogP contribution in [0.1, 0.15) is 27.0 Å². The lowest BCUT2D eigenvalue weighted by Gasteiger charge is -2.12. The minimum absolute atomic E-state index is 0.162. The van der Waals surface area contributed by atoms with Crippen LogP contribution in [0.25, 0.3) is 17.0 Å². The van der Waals surface area contributed by atoms with Crippen LogP contribution in [-0.2, 0) is 13.7 Å². The lowest BCUT2D eigenvalue weighted by molar-refractivity contribution is 0.101. The summed E-state index contributed by atoms with van der Waals surface area (Å²) in [7, 11) is 3.59. The summed E-state index contributed by atoms with van der Waals surface area (Å²) in [5.74, 6) is 1.98. The SMILES string of the molecule is COc1ccc2c(c1)c(/C=C1\Oc3c(ccc(OCc4ccc(Cl)cc4Cl)c3C)C1=O)cn2C. The summed E-state index contributed by atoms with van der Waals surface area (Å²) in [6.07, 6.45) is 3.74. The van der Waals surface area contributed by atoms with Crippen LogP contribution in [0.3, 0.4) is 0 Å². The van der Waals surface area contributed by atoms with Crippen molar-refractivity contribution in [3.63, 3.8) is 0 Å². The Morgan fingerprint density at radius 1 is 1.09 bits per heavy atom. The van der Waals surface area contributed by atoms with E-state index >= 15 is 0 Å². The Hall–Kier alpha value is -3.41. The molecule has 1 aliphatic rings. The minimum atomic E-state index is -0.162. The van der Waals surface area contributed by atoms with Gasteiger partial charge in [-0.15, -0.1) is 0 Å². The molecule has 5 rings (SSSR count). The number of fused-ring (bicyclic) bond motifs is 2. The Balaban J connectivity index is 1.44. The van der Waals surface area contributed by atoms with Gasteiger partial charge in [0.25, 0.3) is 0 Å². The van der Waals surface area contributed by atoms with Crippen LogP contribution in [0.2, 0.25) is 10.0 Å². The number of ether oxygens (including phenoxy) is 3. The minimum Gasteiger partial charge on any atom is -0.497 e. The highest BCUT2D eigenvalue weighted by atomic mass is 35.5. The molecule has 3 aromatic carbocycles. The summed E-state index contributed by atoms with van der Waals surface area (Å²) in [4.78, 5) is 13.1. The molecule has 0 aliphatic carbocycles. The first-order chi connectivity index (χ1) is 16.4. The van der Waals surface area contributed by atoms with E-state index in [1.54, 1.807) is 37.5 Å². The number of Topliss-reactive ketones (excluding diaryl/α,β-unsaturated/α-hetero) is 1. The van der Waals surface area contributed by atoms with E-state index in [4.69, 9.17) is 37.4 Å². The summed E-state index contributed by atoms with van der Waals surface area (Å²) in [6.45, 7) is 2.14. The third kappa shape index (κ3) is 3.91. The molecule has 0 saturated heterocycles. The maximum atomic E-state index is 13.1. The molecular weight excluding hydrogens is 473 g/mol. The van der Waals surface area contributed by atoms with Crippen LogP contribution in [0, 0.1) is 6.92 Å². The molecule has 34 heavy (non-hydrogen) atoms. The molecule has 0 bridgehead atoms. The van der Waals surface area contributed by atoms with Crippen LogP contribution in [0.15, 0.2) is 60.5 Å². The highest BCUT2D eigenvalue weighted by Gasteiger charge is 2.30. The predicted molar refractivity (Wildman–Crippen MR) is 134 cm³/mol. The number of rotatable bonds is 5. The van der Waals surface area contributed by atoms with E-state index in [9.17, 15) is 4.79 Å². The van der Waals surface area contributed by atoms with Gasteiger partial charge in [-0.25, -0.2) is 0 Å². The molecule has 0 amide bonds. The highest BCUT2D eigenvalue weighted by Crippen LogP contribution is 2.40. The average molecular weight is 494 g/mol. The molecule has 0 fully saturated rings. The van der Waals surface area contributed by atoms with Crippen LogP contribution in [0.4, 0.5) is 0 Å². The van der Waals surface area contributed by atoms with E-state index < -0.39 is 0 Å². The molecule has 0 N–H and O–H groups in total. The fourth-order valence-corrected chi connectivity index (χ4v) is 4.57. The molecule has 5 nitrogen and oxygen atoms in total. The number of carbonyl (C=O) groups excluding carboxylic acids is 1. The molecule has 4 aromatic rings. The van der Waals surface area contributed by atoms with Gasteiger partial charge in [0.2, 0.25) is 5.78 Å². The zero-order valence-electron chi connectivity index (χ0n) is 18.8. The second-order valence-corrected chi connectivity index (χ2v) is 8.95. The van der Waals surface area contributed by atoms with Gasteiger partial charge in [0.1, 0.15) is 23.9 Å². The monoisotopic (exact) mass is 493 g/mol. The number of hydrogen-bond donors (Lipinski definition) is 0. The summed E-state index contributed by atoms with van der Waals surface area (Å²) >= 11 is 12.2. The van der Waals surface area contributed by atoms with Gasteiger partial charge in [0, 0.05) is 50.9 Å². The van der Waals surface area contributed by atoms with Crippen molar-refractivity contribution in [3.8, 4) is 17.2 Å². The number of ketones is 1. The molecule has 1 aromatic heterocycles. The maximum Gasteiger partial charge on any atom is 0.231 e. The van der Waals surface area contributed by atoms with E-state index in [-0.39, 0.29) is 18.1 Å². The topological polar surface area (TPSA) is 49.7 Å². The summed E-state index contributed by atoms with van der Waals surface area (Å²) in [5.41, 5.74) is 3.98. The molecule has 0 radical (unpaired) electrons. The van der Waals surface area contributed by atoms with Crippen LogP contribution < -0.4 is 14.2 Å². The van der Waals surface area contributed by atoms with E-state index in [0.29, 0.717) is 27.1 Å². The van der Waals surface area contributed by atoms with Gasteiger partial charge < -0.3 is 18.8 Å². The summed E-state index contributed by atoms with van der Waals surface area (Å²) in [5, 5.41) is 2.08. The molecule has 0 spiro atoms. The second-order valence-electron chi connectivity index (χ2n) is 8.11. The smallest absolute Gasteiger partial charge is 0.231 e. The van der Waals surface area contributed by atoms with Crippen LogP contribution >= 0.6 is 23.2 Å². The number of carbonyl (C=O) groups is 1. The molecular formula is C27H21Cl2NO4. The Bertz CT molecular complexity index is 1490. The Morgan fingerprint density at radius 2 is 1.91 bits per heavy atom. The van der Waals surface area contributed by atoms with E-state index in [0.717, 1.165) is 33.3 Å². The van der Waals surface area contributed by atoms with Crippen LogP contribution in [-0.4, -0.2) is 17.5 Å². The molecule has 0 atom stereocenters. The fourth-order valence-electron chi connectivity index (χ4n) is 4.10. The number of aromatic nitrogens is 1. The normalized spacial score (nSPS) is 13.9. The lowest BCUT2D eigenvalue weighted by atomic mass is 10.1. The van der Waals surface area contributed by atoms with E-state index in [2.05, 4.69) is 0 Å². The first-order valence-corrected chi connectivity index (χ1v) is 11.4. The zero-order chi connectivity index (χ0) is 24.0. The highest BCUT2D eigenvalue weighted by molar-refractivity contribution is 6.35. The summed E-state index contributed by atoms with van der Waals surface area (Å²) in [6, 6.07) is 14.6. The third-order valence-electron chi connectivity index (χ3n) is 5.95. The number of aryl methyl sites for hydroxylation is 1. The number of hydrogen-bond acceptors (Lipinski definition) is 4. The number of allylic oxidation sites excluding steroid dienone is 1. The van der Waals surface area contributed by atoms with Crippen molar-refractivity contribution in [3.05, 3.63) is 92.8 Å². The number of nitrogens with zero attached hydrogens (tertiary/aromatic N) is 1. The number of methoxy groups -OCH3 is 1. The first-order valence-electron chi connectivity index (χ1n) is 10.6. The third-order valence-corrected chi connectivity index (χ3v) is 6.54. The van der Waals surface area contributed by atoms with Crippen molar-refractivity contribution in [2.75, 3.05) is 7.11 Å². The lowest BCUT2D eigenvalue weighted by Crippen LogP contribution is -1.99. The standard InChI is InChI=1S/C27H21Cl2NO4/c1-15-24(33-14-16-4-5-18(28)11-22(16)29)9-7-20-26(31)25(34-27(15)20)10-17-13-30(2)23-8-6-19(32-3)12-21(17)23/h4-13H,14H2,1-3H3/b25-10-. The molecule has 1 aliphatic heterocycles. The quantitative estimate of drug-likeness (QED) is 0.281. The van der Waals surface area contributed by atoms with Crippen molar-refractivity contribution in [1.82, 2.24) is 4.57 Å². The molecule has 7 heteroatoms. The van der Waals surface area contributed by atoms with Gasteiger partial charge in [-0.2, -0.15) is 0 Å². The van der Waals surface area contributed by atoms with Gasteiger partial charge in [-0.05, 0) is 55.5 Å². The van der Waals surface area contributed by atoms with Crippen molar-refractivity contribution in [1.29, 1.82) is 0 Å². The van der Waals surface area contributed by atoms with Crippen molar-refractivity contribution >= 4 is 46.0 Å². The predicted octanol–water partition coefficient (Wildman–Crippen LogP) is 7.00. The Labute approximate surface area is 207 Å². The summed E-state index contributed by atoms with van der Waals surface area (Å²) < 4.78 is 19.4. The molecule has 0 saturated carbocycles. The fraction of sp³-hybridized carbons (Fsp3) is 0.148. The second kappa shape index (κ2) is 8.75. The number of benzene rings is 3. The molecule has 172 valence electrons. The Morgan fingerprint density at radius 3 is 2.68 bits per heavy atom. The van der Waals surface area contributed by atoms with Gasteiger partial charge in [0.05, 0.1) is 12.7 Å². The van der Waals surface area contributed by atoms with Crippen molar-refractivity contribution in [2.24, 2.45) is 7.05 Å². The first kappa shape index (κ1) is 22.4. The number of halogens is 2. The molecule has 0 unspecified atom stereocenters. The van der Waals surface area contributed by atoms with Crippen molar-refractivity contribution < 1.29 is 19.0 Å². The van der Waals surface area contributed by atoms with E-state index in [1.165, 1.54) is 0 Å². The maximum absolute atomic E-state index is 13.1. The van der Waals surface area contributed by atoms with E-state index in [1.807, 2.05) is 49.0 Å². The largest absolute Gasteiger partial charge is 0.497 e. The van der Waals surface area contributed by atoms with Gasteiger partial charge in [-0.1, -0.05) is 29.3 Å². The van der Waals surface area contributed by atoms with Crippen LogP contribution in [0.5, 0.6) is 17.2 Å². The van der Waals surface area contributed by atoms with Crippen molar-refractivity contribution in [2.45, 2.75) is 13.5 Å². The van der Waals surface area contributed by atoms with Gasteiger partial charge >= 0.3 is 0 Å². The molecule has 2 heterocycles. The van der Waals surface area contributed by atoms with Gasteiger partial charge in [0.15, 0.2) is 5.76 Å². The average Bonchev–Trinajstić information content (AvgIpc) is 3.31. The Kier molecular flexibility index (Phi) is 5.76. The van der Waals surface area contributed by atoms with Gasteiger partial charge in [-0.3, -0.25) is 4.79 Å². The zero-order valence-corrected chi connectivity index (χ0v) is 20.3.